The van der Waals surface area contributed by atoms with Gasteiger partial charge >= 0.3 is 6.09 Å². The lowest BCUT2D eigenvalue weighted by Crippen LogP contribution is -2.34. The van der Waals surface area contributed by atoms with E-state index in [0.29, 0.717) is 26.4 Å². The van der Waals surface area contributed by atoms with E-state index in [4.69, 9.17) is 14.2 Å². The van der Waals surface area contributed by atoms with Gasteiger partial charge in [-0.05, 0) is 27.2 Å². The smallest absolute Gasteiger partial charge is 0.407 e. The van der Waals surface area contributed by atoms with E-state index in [2.05, 4.69) is 12.2 Å². The molecule has 0 atom stereocenters. The van der Waals surface area contributed by atoms with Crippen LogP contribution in [0.15, 0.2) is 0 Å². The van der Waals surface area contributed by atoms with Crippen LogP contribution in [0.3, 0.4) is 0 Å². The Hall–Kier alpha value is -0.810. The predicted octanol–water partition coefficient (Wildman–Crippen LogP) is 1.95. The average Bonchev–Trinajstić information content (AvgIpc) is 2.19. The highest BCUT2D eigenvalue weighted by Crippen LogP contribution is 2.05. The van der Waals surface area contributed by atoms with Crippen molar-refractivity contribution >= 4 is 6.09 Å². The monoisotopic (exact) mass is 247 g/mol. The van der Waals surface area contributed by atoms with E-state index in [1.54, 1.807) is 0 Å². The van der Waals surface area contributed by atoms with E-state index in [9.17, 15) is 4.79 Å². The standard InChI is InChI=1S/C12H25NO4/c1-5-7-15-9-10-16-8-6-13-11(14)17-12(2,3)4/h5-10H2,1-4H3,(H,13,14). The van der Waals surface area contributed by atoms with Crippen LogP contribution in [0.1, 0.15) is 34.1 Å². The second-order valence-corrected chi connectivity index (χ2v) is 4.65. The summed E-state index contributed by atoms with van der Waals surface area (Å²) >= 11 is 0. The van der Waals surface area contributed by atoms with Crippen molar-refractivity contribution in [3.05, 3.63) is 0 Å². The normalized spacial score (nSPS) is 11.3. The molecular formula is C12H25NO4. The van der Waals surface area contributed by atoms with Gasteiger partial charge in [0.15, 0.2) is 0 Å². The first-order chi connectivity index (χ1) is 7.95. The minimum atomic E-state index is -0.459. The molecule has 5 nitrogen and oxygen atoms in total. The second-order valence-electron chi connectivity index (χ2n) is 4.65. The van der Waals surface area contributed by atoms with Crippen molar-refractivity contribution in [2.75, 3.05) is 33.0 Å². The molecule has 0 aliphatic heterocycles. The lowest BCUT2D eigenvalue weighted by Gasteiger charge is -2.19. The van der Waals surface area contributed by atoms with Gasteiger partial charge in [-0.15, -0.1) is 0 Å². The Bertz CT molecular complexity index is 201. The molecule has 0 heterocycles. The van der Waals surface area contributed by atoms with Crippen LogP contribution in [-0.2, 0) is 14.2 Å². The molecule has 0 unspecified atom stereocenters. The van der Waals surface area contributed by atoms with Crippen molar-refractivity contribution in [1.82, 2.24) is 5.32 Å². The zero-order valence-electron chi connectivity index (χ0n) is 11.4. The fraction of sp³-hybridized carbons (Fsp3) is 0.917. The minimum Gasteiger partial charge on any atom is -0.444 e. The number of carbonyl (C=O) groups excluding carboxylic acids is 1. The predicted molar refractivity (Wildman–Crippen MR) is 66.2 cm³/mol. The molecule has 17 heavy (non-hydrogen) atoms. The summed E-state index contributed by atoms with van der Waals surface area (Å²) < 4.78 is 15.6. The van der Waals surface area contributed by atoms with Gasteiger partial charge in [0.05, 0.1) is 19.8 Å². The zero-order chi connectivity index (χ0) is 13.1. The quantitative estimate of drug-likeness (QED) is 0.666. The van der Waals surface area contributed by atoms with Crippen molar-refractivity contribution in [1.29, 1.82) is 0 Å². The maximum atomic E-state index is 11.2. The molecule has 0 aromatic heterocycles. The highest BCUT2D eigenvalue weighted by molar-refractivity contribution is 5.67. The Morgan fingerprint density at radius 1 is 1.06 bits per heavy atom. The van der Waals surface area contributed by atoms with Crippen LogP contribution >= 0.6 is 0 Å². The van der Waals surface area contributed by atoms with E-state index < -0.39 is 11.7 Å². The van der Waals surface area contributed by atoms with Crippen molar-refractivity contribution in [2.45, 2.75) is 39.7 Å². The summed E-state index contributed by atoms with van der Waals surface area (Å²) in [5.74, 6) is 0. The Labute approximate surface area is 104 Å². The Morgan fingerprint density at radius 3 is 2.18 bits per heavy atom. The molecule has 0 bridgehead atoms. The van der Waals surface area contributed by atoms with Crippen molar-refractivity contribution in [3.8, 4) is 0 Å². The summed E-state index contributed by atoms with van der Waals surface area (Å²) in [6, 6.07) is 0. The van der Waals surface area contributed by atoms with Crippen molar-refractivity contribution < 1.29 is 19.0 Å². The molecule has 0 rings (SSSR count). The fourth-order valence-corrected chi connectivity index (χ4v) is 1.01. The molecule has 5 heteroatoms. The van der Waals surface area contributed by atoms with Gasteiger partial charge < -0.3 is 19.5 Å². The van der Waals surface area contributed by atoms with E-state index in [1.165, 1.54) is 0 Å². The van der Waals surface area contributed by atoms with Gasteiger partial charge in [-0.1, -0.05) is 6.92 Å². The van der Waals surface area contributed by atoms with Crippen LogP contribution < -0.4 is 5.32 Å². The maximum Gasteiger partial charge on any atom is 0.407 e. The molecule has 0 aliphatic carbocycles. The van der Waals surface area contributed by atoms with Crippen LogP contribution in [0.5, 0.6) is 0 Å². The average molecular weight is 247 g/mol. The topological polar surface area (TPSA) is 56.8 Å². The lowest BCUT2D eigenvalue weighted by molar-refractivity contribution is 0.0399. The summed E-state index contributed by atoms with van der Waals surface area (Å²) in [5, 5.41) is 2.61. The Balaban J connectivity index is 3.25. The number of ether oxygens (including phenoxy) is 3. The first-order valence-electron chi connectivity index (χ1n) is 6.08. The third-order valence-corrected chi connectivity index (χ3v) is 1.64. The molecular weight excluding hydrogens is 222 g/mol. The highest BCUT2D eigenvalue weighted by Gasteiger charge is 2.15. The lowest BCUT2D eigenvalue weighted by atomic mass is 10.2. The summed E-state index contributed by atoms with van der Waals surface area (Å²) in [4.78, 5) is 11.2. The molecule has 1 amide bonds. The zero-order valence-corrected chi connectivity index (χ0v) is 11.4. The molecule has 102 valence electrons. The van der Waals surface area contributed by atoms with Gasteiger partial charge in [-0.25, -0.2) is 4.79 Å². The number of nitrogens with one attached hydrogen (secondary N) is 1. The summed E-state index contributed by atoms with van der Waals surface area (Å²) in [7, 11) is 0. The van der Waals surface area contributed by atoms with Gasteiger partial charge in [-0.2, -0.15) is 0 Å². The highest BCUT2D eigenvalue weighted by atomic mass is 16.6. The van der Waals surface area contributed by atoms with Gasteiger partial charge in [0.1, 0.15) is 5.60 Å². The van der Waals surface area contributed by atoms with Crippen LogP contribution in [0.25, 0.3) is 0 Å². The van der Waals surface area contributed by atoms with Gasteiger partial charge in [0, 0.05) is 13.2 Å². The van der Waals surface area contributed by atoms with Crippen LogP contribution in [0.2, 0.25) is 0 Å². The Morgan fingerprint density at radius 2 is 1.65 bits per heavy atom. The van der Waals surface area contributed by atoms with Gasteiger partial charge in [0.25, 0.3) is 0 Å². The summed E-state index contributed by atoms with van der Waals surface area (Å²) in [6.07, 6.45) is 0.601. The third-order valence-electron chi connectivity index (χ3n) is 1.64. The van der Waals surface area contributed by atoms with Crippen LogP contribution in [0, 0.1) is 0 Å². The largest absolute Gasteiger partial charge is 0.444 e. The summed E-state index contributed by atoms with van der Waals surface area (Å²) in [5.41, 5.74) is -0.459. The molecule has 0 saturated heterocycles. The molecule has 0 aromatic rings. The van der Waals surface area contributed by atoms with Crippen molar-refractivity contribution in [3.63, 3.8) is 0 Å². The molecule has 0 spiro atoms. The first kappa shape index (κ1) is 16.2. The summed E-state index contributed by atoms with van der Waals surface area (Å²) in [6.45, 7) is 10.4. The number of carbonyl (C=O) groups is 1. The van der Waals surface area contributed by atoms with E-state index >= 15 is 0 Å². The first-order valence-corrected chi connectivity index (χ1v) is 6.08. The Kier molecular flexibility index (Phi) is 8.80. The molecule has 0 fully saturated rings. The third kappa shape index (κ3) is 13.1. The van der Waals surface area contributed by atoms with Crippen LogP contribution in [0.4, 0.5) is 4.79 Å². The molecule has 0 radical (unpaired) electrons. The van der Waals surface area contributed by atoms with Crippen LogP contribution in [-0.4, -0.2) is 44.7 Å². The van der Waals surface area contributed by atoms with E-state index in [1.807, 2.05) is 20.8 Å². The molecule has 0 aromatic carbocycles. The maximum absolute atomic E-state index is 11.2. The second kappa shape index (κ2) is 9.24. The van der Waals surface area contributed by atoms with Crippen molar-refractivity contribution in [2.24, 2.45) is 0 Å². The number of hydrogen-bond donors (Lipinski definition) is 1. The van der Waals surface area contributed by atoms with E-state index in [0.717, 1.165) is 13.0 Å². The molecule has 0 aliphatic rings. The number of amides is 1. The number of hydrogen-bond acceptors (Lipinski definition) is 4. The molecule has 1 N–H and O–H groups in total. The number of alkyl carbamates (subject to hydrolysis) is 1. The van der Waals surface area contributed by atoms with Gasteiger partial charge in [0.2, 0.25) is 0 Å². The molecule has 0 saturated carbocycles. The minimum absolute atomic E-state index is 0.414. The van der Waals surface area contributed by atoms with E-state index in [-0.39, 0.29) is 0 Å². The van der Waals surface area contributed by atoms with Gasteiger partial charge in [-0.3, -0.25) is 0 Å². The fourth-order valence-electron chi connectivity index (χ4n) is 1.01. The number of rotatable bonds is 8. The SMILES string of the molecule is CCCOCCOCCNC(=O)OC(C)(C)C.